The molecule has 0 unspecified atom stereocenters. The number of hydrogen-bond acceptors (Lipinski definition) is 3. The topological polar surface area (TPSA) is 58.6 Å². The molecule has 2 rings (SSSR count). The molecule has 0 aliphatic rings. The number of carbonyl (C=O) groups is 2. The van der Waals surface area contributed by atoms with Gasteiger partial charge in [-0.25, -0.2) is 0 Å². The monoisotopic (exact) mass is 480 g/mol. The minimum absolute atomic E-state index is 0.00787. The molecule has 1 atom stereocenters. The summed E-state index contributed by atoms with van der Waals surface area (Å²) in [5, 5.41) is 3.48. The van der Waals surface area contributed by atoms with Crippen molar-refractivity contribution in [3.8, 4) is 5.75 Å². The average molecular weight is 482 g/mol. The third-order valence-corrected chi connectivity index (χ3v) is 5.11. The van der Waals surface area contributed by atoms with Crippen molar-refractivity contribution in [3.63, 3.8) is 0 Å². The van der Waals surface area contributed by atoms with Crippen molar-refractivity contribution in [1.82, 2.24) is 10.2 Å². The van der Waals surface area contributed by atoms with Gasteiger partial charge in [0.25, 0.3) is 5.91 Å². The third-order valence-electron chi connectivity index (χ3n) is 4.26. The maximum atomic E-state index is 13.1. The molecule has 0 aliphatic heterocycles. The van der Waals surface area contributed by atoms with Crippen LogP contribution in [0.4, 0.5) is 0 Å². The lowest BCUT2D eigenvalue weighted by Gasteiger charge is -2.31. The fourth-order valence-electron chi connectivity index (χ4n) is 2.89. The van der Waals surface area contributed by atoms with Gasteiger partial charge in [0.15, 0.2) is 6.61 Å². The molecule has 29 heavy (non-hydrogen) atoms. The van der Waals surface area contributed by atoms with E-state index in [1.165, 1.54) is 0 Å². The van der Waals surface area contributed by atoms with Crippen LogP contribution >= 0.6 is 27.5 Å². The summed E-state index contributed by atoms with van der Waals surface area (Å²) in [5.41, 5.74) is 0.948. The smallest absolute Gasteiger partial charge is 0.261 e. The minimum atomic E-state index is -0.581. The third kappa shape index (κ3) is 7.05. The van der Waals surface area contributed by atoms with Gasteiger partial charge < -0.3 is 15.0 Å². The van der Waals surface area contributed by atoms with Crippen molar-refractivity contribution in [2.45, 2.75) is 45.8 Å². The van der Waals surface area contributed by atoms with E-state index in [0.29, 0.717) is 28.2 Å². The molecule has 2 amide bonds. The molecular weight excluding hydrogens is 456 g/mol. The zero-order valence-electron chi connectivity index (χ0n) is 16.8. The Labute approximate surface area is 185 Å². The molecule has 0 bridgehead atoms. The number of rotatable bonds is 9. The quantitative estimate of drug-likeness (QED) is 0.559. The lowest BCUT2D eigenvalue weighted by atomic mass is 10.1. The molecule has 156 valence electrons. The van der Waals surface area contributed by atoms with Crippen molar-refractivity contribution >= 4 is 39.3 Å². The van der Waals surface area contributed by atoms with Crippen LogP contribution in [0.15, 0.2) is 53.0 Å². The van der Waals surface area contributed by atoms with Gasteiger partial charge in [-0.15, -0.1) is 0 Å². The molecule has 7 heteroatoms. The number of halogens is 2. The first kappa shape index (κ1) is 23.2. The molecule has 2 aromatic carbocycles. The number of ether oxygens (including phenoxy) is 1. The summed E-state index contributed by atoms with van der Waals surface area (Å²) in [5.74, 6) is 0.0861. The van der Waals surface area contributed by atoms with Gasteiger partial charge in [-0.3, -0.25) is 9.59 Å². The molecule has 0 saturated carbocycles. The number of nitrogens with zero attached hydrogens (tertiary/aromatic N) is 1. The second-order valence-electron chi connectivity index (χ2n) is 6.96. The van der Waals surface area contributed by atoms with Crippen molar-refractivity contribution in [3.05, 3.63) is 63.6 Å². The van der Waals surface area contributed by atoms with Crippen LogP contribution in [0.2, 0.25) is 5.02 Å². The van der Waals surface area contributed by atoms with Crippen molar-refractivity contribution in [2.75, 3.05) is 6.61 Å². The van der Waals surface area contributed by atoms with E-state index in [0.717, 1.165) is 5.56 Å². The molecule has 0 radical (unpaired) electrons. The summed E-state index contributed by atoms with van der Waals surface area (Å²) in [7, 11) is 0. The highest BCUT2D eigenvalue weighted by atomic mass is 79.9. The average Bonchev–Trinajstić information content (AvgIpc) is 2.67. The molecule has 2 aromatic rings. The molecule has 0 fully saturated rings. The van der Waals surface area contributed by atoms with Gasteiger partial charge in [0.1, 0.15) is 11.8 Å². The number of amides is 2. The molecule has 0 aliphatic carbocycles. The van der Waals surface area contributed by atoms with E-state index in [4.69, 9.17) is 16.3 Å². The Morgan fingerprint density at radius 3 is 2.45 bits per heavy atom. The minimum Gasteiger partial charge on any atom is -0.483 e. The Balaban J connectivity index is 2.20. The van der Waals surface area contributed by atoms with Gasteiger partial charge in [-0.1, -0.05) is 48.9 Å². The van der Waals surface area contributed by atoms with Crippen LogP contribution in [0.3, 0.4) is 0 Å². The van der Waals surface area contributed by atoms with Crippen LogP contribution in [-0.2, 0) is 16.1 Å². The Morgan fingerprint density at radius 2 is 1.86 bits per heavy atom. The van der Waals surface area contributed by atoms with Crippen LogP contribution in [0.5, 0.6) is 5.75 Å². The van der Waals surface area contributed by atoms with E-state index in [2.05, 4.69) is 21.2 Å². The maximum absolute atomic E-state index is 13.1. The lowest BCUT2D eigenvalue weighted by Crippen LogP contribution is -2.51. The highest BCUT2D eigenvalue weighted by Gasteiger charge is 2.29. The first-order valence-corrected chi connectivity index (χ1v) is 10.7. The normalized spacial score (nSPS) is 11.8. The highest BCUT2D eigenvalue weighted by molar-refractivity contribution is 9.10. The van der Waals surface area contributed by atoms with Gasteiger partial charge in [-0.05, 0) is 60.0 Å². The first-order chi connectivity index (χ1) is 13.8. The van der Waals surface area contributed by atoms with Gasteiger partial charge in [0.05, 0.1) is 4.47 Å². The number of nitrogens with one attached hydrogen (secondary N) is 1. The molecule has 1 N–H and O–H groups in total. The fraction of sp³-hybridized carbons (Fsp3) is 0.364. The summed E-state index contributed by atoms with van der Waals surface area (Å²) in [4.78, 5) is 27.4. The number of hydrogen-bond donors (Lipinski definition) is 1. The molecule has 0 spiro atoms. The van der Waals surface area contributed by atoms with Crippen LogP contribution in [-0.4, -0.2) is 35.4 Å². The largest absolute Gasteiger partial charge is 0.483 e. The van der Waals surface area contributed by atoms with Crippen LogP contribution in [0, 0.1) is 0 Å². The van der Waals surface area contributed by atoms with Crippen LogP contribution in [0.25, 0.3) is 0 Å². The summed E-state index contributed by atoms with van der Waals surface area (Å²) in [6.07, 6.45) is 0.502. The lowest BCUT2D eigenvalue weighted by molar-refractivity contribution is -0.143. The van der Waals surface area contributed by atoms with E-state index < -0.39 is 6.04 Å². The second kappa shape index (κ2) is 11.2. The van der Waals surface area contributed by atoms with Gasteiger partial charge in [0.2, 0.25) is 5.91 Å². The summed E-state index contributed by atoms with van der Waals surface area (Å²) in [6, 6.07) is 14.1. The highest BCUT2D eigenvalue weighted by Crippen LogP contribution is 2.28. The van der Waals surface area contributed by atoms with Crippen molar-refractivity contribution in [2.24, 2.45) is 0 Å². The van der Waals surface area contributed by atoms with Crippen LogP contribution in [0.1, 0.15) is 32.8 Å². The van der Waals surface area contributed by atoms with Gasteiger partial charge in [0, 0.05) is 17.6 Å². The molecule has 0 saturated heterocycles. The van der Waals surface area contributed by atoms with E-state index in [1.54, 1.807) is 23.1 Å². The predicted octanol–water partition coefficient (Wildman–Crippen LogP) is 4.81. The van der Waals surface area contributed by atoms with Gasteiger partial charge >= 0.3 is 0 Å². The van der Waals surface area contributed by atoms with E-state index >= 15 is 0 Å². The summed E-state index contributed by atoms with van der Waals surface area (Å²) in [6.45, 7) is 5.84. The number of carbonyl (C=O) groups excluding carboxylic acids is 2. The summed E-state index contributed by atoms with van der Waals surface area (Å²) >= 11 is 9.33. The Morgan fingerprint density at radius 1 is 1.17 bits per heavy atom. The predicted molar refractivity (Wildman–Crippen MR) is 119 cm³/mol. The standard InChI is InChI=1S/C22H26BrClN2O3/c1-4-19(22(28)25-15(2)3)26(13-16-8-6-5-7-9-16)21(27)14-29-20-11-10-17(24)12-18(20)23/h5-12,15,19H,4,13-14H2,1-3H3,(H,25,28)/t19-/m0/s1. The van der Waals surface area contributed by atoms with E-state index in [-0.39, 0.29) is 24.5 Å². The van der Waals surface area contributed by atoms with E-state index in [1.807, 2.05) is 51.1 Å². The first-order valence-electron chi connectivity index (χ1n) is 9.53. The Hall–Kier alpha value is -2.05. The fourth-order valence-corrected chi connectivity index (χ4v) is 3.69. The SMILES string of the molecule is CC[C@@H](C(=O)NC(C)C)N(Cc1ccccc1)C(=O)COc1ccc(Cl)cc1Br. The molecule has 0 aromatic heterocycles. The van der Waals surface area contributed by atoms with Crippen LogP contribution < -0.4 is 10.1 Å². The number of benzene rings is 2. The zero-order chi connectivity index (χ0) is 21.4. The van der Waals surface area contributed by atoms with Crippen molar-refractivity contribution < 1.29 is 14.3 Å². The van der Waals surface area contributed by atoms with E-state index in [9.17, 15) is 9.59 Å². The zero-order valence-corrected chi connectivity index (χ0v) is 19.2. The Bertz CT molecular complexity index is 830. The maximum Gasteiger partial charge on any atom is 0.261 e. The Kier molecular flexibility index (Phi) is 8.99. The molecular formula is C22H26BrClN2O3. The second-order valence-corrected chi connectivity index (χ2v) is 8.25. The molecule has 0 heterocycles. The van der Waals surface area contributed by atoms with Gasteiger partial charge in [-0.2, -0.15) is 0 Å². The molecule has 5 nitrogen and oxygen atoms in total. The van der Waals surface area contributed by atoms with Crippen molar-refractivity contribution in [1.29, 1.82) is 0 Å². The summed E-state index contributed by atoms with van der Waals surface area (Å²) < 4.78 is 6.36.